The van der Waals surface area contributed by atoms with Crippen molar-refractivity contribution in [2.45, 2.75) is 39.7 Å². The number of allylic oxidation sites excluding steroid dienone is 1. The highest BCUT2D eigenvalue weighted by atomic mass is 35.5. The molecule has 4 nitrogen and oxygen atoms in total. The maximum Gasteiger partial charge on any atom is 0.412 e. The zero-order valence-corrected chi connectivity index (χ0v) is 14.3. The van der Waals surface area contributed by atoms with E-state index in [9.17, 15) is 4.79 Å². The van der Waals surface area contributed by atoms with Crippen molar-refractivity contribution in [1.29, 1.82) is 0 Å². The second-order valence-electron chi connectivity index (χ2n) is 5.75. The average Bonchev–Trinajstić information content (AvgIpc) is 2.39. The van der Waals surface area contributed by atoms with Crippen molar-refractivity contribution >= 4 is 29.6 Å². The van der Waals surface area contributed by atoms with E-state index in [-0.39, 0.29) is 0 Å². The Balaban J connectivity index is 2.80. The molecule has 1 aromatic rings. The number of hydrogen-bond donors (Lipinski definition) is 1. The Hall–Kier alpha value is -1.81. The molecule has 22 heavy (non-hydrogen) atoms. The number of carbonyl (C=O) groups excluding carboxylic acids is 1. The lowest BCUT2D eigenvalue weighted by atomic mass is 10.2. The van der Waals surface area contributed by atoms with Crippen LogP contribution >= 0.6 is 11.6 Å². The van der Waals surface area contributed by atoms with E-state index >= 15 is 0 Å². The van der Waals surface area contributed by atoms with Gasteiger partial charge in [-0.15, -0.1) is 0 Å². The van der Waals surface area contributed by atoms with E-state index in [1.54, 1.807) is 24.4 Å². The zero-order valence-electron chi connectivity index (χ0n) is 13.5. The summed E-state index contributed by atoms with van der Waals surface area (Å²) < 4.78 is 5.25. The molecule has 0 aliphatic heterocycles. The number of rotatable bonds is 5. The van der Waals surface area contributed by atoms with Crippen molar-refractivity contribution < 1.29 is 9.53 Å². The van der Waals surface area contributed by atoms with Gasteiger partial charge in [-0.2, -0.15) is 0 Å². The van der Waals surface area contributed by atoms with E-state index in [0.717, 1.165) is 12.0 Å². The second kappa shape index (κ2) is 8.59. The molecule has 0 saturated carbocycles. The van der Waals surface area contributed by atoms with Gasteiger partial charge < -0.3 is 4.74 Å². The molecule has 0 heterocycles. The summed E-state index contributed by atoms with van der Waals surface area (Å²) in [4.78, 5) is 16.2. The lowest BCUT2D eigenvalue weighted by molar-refractivity contribution is 0.0636. The molecule has 0 spiro atoms. The van der Waals surface area contributed by atoms with Crippen molar-refractivity contribution in [3.05, 3.63) is 40.9 Å². The molecule has 0 atom stereocenters. The quantitative estimate of drug-likeness (QED) is 0.467. The third-order valence-corrected chi connectivity index (χ3v) is 2.78. The average molecular weight is 323 g/mol. The molecule has 1 amide bonds. The lowest BCUT2D eigenvalue weighted by Crippen LogP contribution is -2.27. The fourth-order valence-electron chi connectivity index (χ4n) is 1.65. The molecule has 0 bridgehead atoms. The summed E-state index contributed by atoms with van der Waals surface area (Å²) in [6.45, 7) is 8.11. The molecule has 1 N–H and O–H groups in total. The highest BCUT2D eigenvalue weighted by Gasteiger charge is 2.17. The number of hydrogen-bond acceptors (Lipinski definition) is 3. The Labute approximate surface area is 137 Å². The van der Waals surface area contributed by atoms with Crippen LogP contribution in [0.25, 0.3) is 0 Å². The normalized spacial score (nSPS) is 12.0. The summed E-state index contributed by atoms with van der Waals surface area (Å²) in [5, 5.41) is 3.31. The molecule has 0 fully saturated rings. The van der Waals surface area contributed by atoms with Crippen molar-refractivity contribution in [3.8, 4) is 0 Å². The molecular formula is C17H23ClN2O2. The summed E-state index contributed by atoms with van der Waals surface area (Å²) in [5.74, 6) is 0. The minimum absolute atomic E-state index is 0.501. The molecule has 120 valence electrons. The van der Waals surface area contributed by atoms with Crippen LogP contribution in [0.5, 0.6) is 0 Å². The zero-order chi connectivity index (χ0) is 16.6. The van der Waals surface area contributed by atoms with Crippen LogP contribution in [0.1, 0.15) is 39.7 Å². The van der Waals surface area contributed by atoms with E-state index in [4.69, 9.17) is 16.3 Å². The standard InChI is InChI=1S/C17H23ClN2O2/c1-5-6-7-10-19-12-13-11-14(18)8-9-15(13)20-16(21)22-17(2,3)4/h5-6,8-9,11-12H,7,10H2,1-4H3,(H,20,21)/b6-5+,19-12?. The number of benzene rings is 1. The lowest BCUT2D eigenvalue weighted by Gasteiger charge is -2.20. The second-order valence-corrected chi connectivity index (χ2v) is 6.19. The minimum atomic E-state index is -0.544. The van der Waals surface area contributed by atoms with Crippen LogP contribution in [0.4, 0.5) is 10.5 Å². The summed E-state index contributed by atoms with van der Waals surface area (Å²) in [7, 11) is 0. The van der Waals surface area contributed by atoms with Crippen molar-refractivity contribution in [2.24, 2.45) is 4.99 Å². The number of nitrogens with zero attached hydrogens (tertiary/aromatic N) is 1. The van der Waals surface area contributed by atoms with Crippen LogP contribution in [0, 0.1) is 0 Å². The van der Waals surface area contributed by atoms with Gasteiger partial charge in [0.25, 0.3) is 0 Å². The molecule has 5 heteroatoms. The Morgan fingerprint density at radius 3 is 2.77 bits per heavy atom. The van der Waals surface area contributed by atoms with Crippen LogP contribution < -0.4 is 5.32 Å². The first-order valence-electron chi connectivity index (χ1n) is 7.22. The summed E-state index contributed by atoms with van der Waals surface area (Å²) >= 11 is 6.01. The van der Waals surface area contributed by atoms with Gasteiger partial charge in [0.2, 0.25) is 0 Å². The molecule has 0 saturated heterocycles. The van der Waals surface area contributed by atoms with Gasteiger partial charge in [-0.1, -0.05) is 23.8 Å². The van der Waals surface area contributed by atoms with Gasteiger partial charge in [-0.3, -0.25) is 10.3 Å². The third-order valence-electron chi connectivity index (χ3n) is 2.54. The highest BCUT2D eigenvalue weighted by molar-refractivity contribution is 6.31. The van der Waals surface area contributed by atoms with Gasteiger partial charge in [-0.25, -0.2) is 4.79 Å². The SMILES string of the molecule is C/C=C/CCN=Cc1cc(Cl)ccc1NC(=O)OC(C)(C)C. The molecule has 0 aliphatic rings. The predicted octanol–water partition coefficient (Wildman–Crippen LogP) is 5.07. The molecule has 0 unspecified atom stereocenters. The third kappa shape index (κ3) is 7.27. The maximum absolute atomic E-state index is 11.9. The number of amides is 1. The summed E-state index contributed by atoms with van der Waals surface area (Å²) in [6.07, 6.45) is 6.13. The number of carbonyl (C=O) groups is 1. The van der Waals surface area contributed by atoms with Crippen LogP contribution in [0.15, 0.2) is 35.3 Å². The number of halogens is 1. The fourth-order valence-corrected chi connectivity index (χ4v) is 1.83. The van der Waals surface area contributed by atoms with Crippen molar-refractivity contribution in [2.75, 3.05) is 11.9 Å². The number of ether oxygens (including phenoxy) is 1. The summed E-state index contributed by atoms with van der Waals surface area (Å²) in [5.41, 5.74) is 0.823. The first kappa shape index (κ1) is 18.2. The van der Waals surface area contributed by atoms with Crippen LogP contribution in [0.3, 0.4) is 0 Å². The number of anilines is 1. The smallest absolute Gasteiger partial charge is 0.412 e. The number of nitrogens with one attached hydrogen (secondary N) is 1. The van der Waals surface area contributed by atoms with Gasteiger partial charge in [0.1, 0.15) is 5.60 Å². The van der Waals surface area contributed by atoms with E-state index in [0.29, 0.717) is 17.3 Å². The van der Waals surface area contributed by atoms with E-state index in [2.05, 4.69) is 16.4 Å². The molecule has 1 rings (SSSR count). The first-order chi connectivity index (χ1) is 10.3. The highest BCUT2D eigenvalue weighted by Crippen LogP contribution is 2.20. The van der Waals surface area contributed by atoms with Crippen molar-refractivity contribution in [3.63, 3.8) is 0 Å². The minimum Gasteiger partial charge on any atom is -0.444 e. The predicted molar refractivity (Wildman–Crippen MR) is 93.2 cm³/mol. The van der Waals surface area contributed by atoms with E-state index < -0.39 is 11.7 Å². The van der Waals surface area contributed by atoms with Gasteiger partial charge in [-0.05, 0) is 52.3 Å². The van der Waals surface area contributed by atoms with E-state index in [1.807, 2.05) is 33.8 Å². The Bertz CT molecular complexity index is 560. The van der Waals surface area contributed by atoms with Crippen LogP contribution in [-0.4, -0.2) is 24.5 Å². The largest absolute Gasteiger partial charge is 0.444 e. The maximum atomic E-state index is 11.9. The van der Waals surface area contributed by atoms with Crippen LogP contribution in [-0.2, 0) is 4.74 Å². The monoisotopic (exact) mass is 322 g/mol. The molecule has 0 aromatic heterocycles. The van der Waals surface area contributed by atoms with Gasteiger partial charge in [0, 0.05) is 23.3 Å². The topological polar surface area (TPSA) is 50.7 Å². The molecular weight excluding hydrogens is 300 g/mol. The Morgan fingerprint density at radius 2 is 2.14 bits per heavy atom. The molecule has 0 radical (unpaired) electrons. The fraction of sp³-hybridized carbons (Fsp3) is 0.412. The van der Waals surface area contributed by atoms with Crippen LogP contribution in [0.2, 0.25) is 5.02 Å². The van der Waals surface area contributed by atoms with E-state index in [1.165, 1.54) is 0 Å². The molecule has 1 aromatic carbocycles. The van der Waals surface area contributed by atoms with Gasteiger partial charge >= 0.3 is 6.09 Å². The number of aliphatic imine (C=N–C) groups is 1. The summed E-state index contributed by atoms with van der Waals surface area (Å²) in [6, 6.07) is 5.21. The molecule has 0 aliphatic carbocycles. The first-order valence-corrected chi connectivity index (χ1v) is 7.60. The van der Waals surface area contributed by atoms with Gasteiger partial charge in [0.05, 0.1) is 5.69 Å². The Morgan fingerprint density at radius 1 is 1.41 bits per heavy atom. The van der Waals surface area contributed by atoms with Crippen molar-refractivity contribution in [1.82, 2.24) is 0 Å². The van der Waals surface area contributed by atoms with Gasteiger partial charge in [0.15, 0.2) is 0 Å². The Kier molecular flexibility index (Phi) is 7.12.